The molecule has 1 fully saturated rings. The molecule has 8 nitrogen and oxygen atoms in total. The second-order valence-corrected chi connectivity index (χ2v) is 14.2. The summed E-state index contributed by atoms with van der Waals surface area (Å²) in [6.07, 6.45) is 8.44. The predicted molar refractivity (Wildman–Crippen MR) is 208 cm³/mol. The lowest BCUT2D eigenvalue weighted by molar-refractivity contribution is -0.150. The Labute approximate surface area is 308 Å². The van der Waals surface area contributed by atoms with Gasteiger partial charge in [0.15, 0.2) is 0 Å². The van der Waals surface area contributed by atoms with Crippen LogP contribution in [0.2, 0.25) is 0 Å². The highest BCUT2D eigenvalue weighted by molar-refractivity contribution is 5.34. The van der Waals surface area contributed by atoms with Crippen molar-refractivity contribution in [3.05, 3.63) is 94.1 Å². The minimum Gasteiger partial charge on any atom is -0.491 e. The van der Waals surface area contributed by atoms with Crippen LogP contribution >= 0.6 is 0 Å². The Morgan fingerprint density at radius 3 is 2.08 bits per heavy atom. The summed E-state index contributed by atoms with van der Waals surface area (Å²) in [5.74, 6) is 4.35. The molecule has 0 N–H and O–H groups in total. The van der Waals surface area contributed by atoms with E-state index in [4.69, 9.17) is 30.1 Å². The molecule has 280 valence electrons. The first kappa shape index (κ1) is 43.4. The molecule has 0 aliphatic carbocycles. The van der Waals surface area contributed by atoms with Gasteiger partial charge in [0.25, 0.3) is 0 Å². The molecule has 3 aromatic rings. The van der Waals surface area contributed by atoms with Gasteiger partial charge in [-0.05, 0) is 124 Å². The Kier molecular flexibility index (Phi) is 18.9. The van der Waals surface area contributed by atoms with Gasteiger partial charge in [-0.25, -0.2) is 0 Å². The molecule has 6 rings (SSSR count). The number of para-hydroxylation sites is 1. The highest BCUT2D eigenvalue weighted by atomic mass is 16.7. The largest absolute Gasteiger partial charge is 0.491 e. The van der Waals surface area contributed by atoms with Crippen molar-refractivity contribution in [1.29, 1.82) is 0 Å². The summed E-state index contributed by atoms with van der Waals surface area (Å²) in [4.78, 5) is 11.0. The van der Waals surface area contributed by atoms with Crippen molar-refractivity contribution in [1.82, 2.24) is 4.90 Å². The zero-order valence-corrected chi connectivity index (χ0v) is 31.8. The number of fused-ring (bicyclic) bond motifs is 2. The first-order valence-corrected chi connectivity index (χ1v) is 17.9. The van der Waals surface area contributed by atoms with Gasteiger partial charge in [-0.2, -0.15) is 0 Å². The van der Waals surface area contributed by atoms with Crippen molar-refractivity contribution < 1.29 is 23.7 Å². The molecule has 51 heavy (non-hydrogen) atoms. The maximum Gasteiger partial charge on any atom is 0.223 e. The number of nitrogens with zero attached hydrogens (tertiary/aromatic N) is 3. The summed E-state index contributed by atoms with van der Waals surface area (Å²) in [7, 11) is 0. The molecule has 1 unspecified atom stereocenters. The first-order chi connectivity index (χ1) is 23.8. The Balaban J connectivity index is 0.000000237. The Morgan fingerprint density at radius 1 is 0.843 bits per heavy atom. The summed E-state index contributed by atoms with van der Waals surface area (Å²) >= 11 is 0. The number of likely N-dealkylation sites (tertiary alicyclic amines) is 1. The second kappa shape index (κ2) is 22.3. The van der Waals surface area contributed by atoms with E-state index in [1.807, 2.05) is 108 Å². The van der Waals surface area contributed by atoms with Gasteiger partial charge in [0, 0.05) is 22.7 Å². The van der Waals surface area contributed by atoms with E-state index in [2.05, 4.69) is 41.6 Å². The van der Waals surface area contributed by atoms with Gasteiger partial charge >= 0.3 is 0 Å². The van der Waals surface area contributed by atoms with Crippen LogP contribution in [-0.2, 0) is 27.4 Å². The monoisotopic (exact) mass is 701 g/mol. The molecule has 0 amide bonds. The van der Waals surface area contributed by atoms with E-state index < -0.39 is 0 Å². The third kappa shape index (κ3) is 16.4. The van der Waals surface area contributed by atoms with Gasteiger partial charge in [-0.1, -0.05) is 43.7 Å². The predicted octanol–water partition coefficient (Wildman–Crippen LogP) is 8.14. The molecule has 0 bridgehead atoms. The topological polar surface area (TPSA) is 74.1 Å². The molecule has 8 heteroatoms. The first-order valence-electron chi connectivity index (χ1n) is 17.9. The molecule has 3 aromatic carbocycles. The lowest BCUT2D eigenvalue weighted by Crippen LogP contribution is -2.38. The highest BCUT2D eigenvalue weighted by Gasteiger charge is 2.23. The number of hydrogen-bond acceptors (Lipinski definition) is 8. The van der Waals surface area contributed by atoms with Crippen molar-refractivity contribution in [2.45, 2.75) is 126 Å². The standard InChI is InChI=1S/C12H16O3.C12H14O.C10H12N2O.C8H17N.CH4/c1-9(2)13-8-12-14-7-10-5-3-4-6-11(10)15-12;1-4-11-5-7-12(8-6-11)9-13-10(2)3;1-7(2)13-8-3-4-9-10(5-8)12-6-11-9;1-8(2,3)9-6-4-5-7-9;/h3-6,9,12H,7-8H2,1-2H3;1,5-8,10H,9H2,2-3H3;3-5,7H,6H2,1-2H3;4-7H2,1-3H3;1H4. The normalized spacial score (nSPS) is 15.9. The maximum absolute atomic E-state index is 5.64. The minimum absolute atomic E-state index is 0. The van der Waals surface area contributed by atoms with Crippen LogP contribution in [0.5, 0.6) is 11.5 Å². The minimum atomic E-state index is -0.276. The number of benzene rings is 3. The van der Waals surface area contributed by atoms with Crippen molar-refractivity contribution in [3.8, 4) is 23.8 Å². The second-order valence-electron chi connectivity index (χ2n) is 14.2. The average Bonchev–Trinajstić information content (AvgIpc) is 3.80. The van der Waals surface area contributed by atoms with Gasteiger partial charge in [0.1, 0.15) is 24.8 Å². The molecule has 3 aliphatic rings. The molecule has 3 aliphatic heterocycles. The van der Waals surface area contributed by atoms with Crippen molar-refractivity contribution in [3.63, 3.8) is 0 Å². The van der Waals surface area contributed by atoms with Gasteiger partial charge in [-0.3, -0.25) is 14.9 Å². The average molecular weight is 702 g/mol. The number of ether oxygens (including phenoxy) is 5. The SMILES string of the molecule is C.C#Cc1ccc(COC(C)C)cc1.CC(C)(C)N1CCCC1.CC(C)OCC1OCc2ccccc2O1.CC(C)Oc1ccc2c(c1)=NCN=2. The van der Waals surface area contributed by atoms with E-state index in [0.717, 1.165) is 38.9 Å². The van der Waals surface area contributed by atoms with E-state index in [-0.39, 0.29) is 32.0 Å². The molecule has 3 heterocycles. The van der Waals surface area contributed by atoms with Crippen LogP contribution in [0.15, 0.2) is 76.7 Å². The van der Waals surface area contributed by atoms with Crippen LogP contribution in [0.25, 0.3) is 0 Å². The molecule has 0 spiro atoms. The zero-order chi connectivity index (χ0) is 36.5. The number of hydrogen-bond donors (Lipinski definition) is 0. The van der Waals surface area contributed by atoms with Gasteiger partial charge in [0.2, 0.25) is 6.29 Å². The van der Waals surface area contributed by atoms with Crippen molar-refractivity contribution in [2.24, 2.45) is 9.98 Å². The fourth-order valence-corrected chi connectivity index (χ4v) is 5.09. The van der Waals surface area contributed by atoms with Crippen molar-refractivity contribution in [2.75, 3.05) is 26.4 Å². The lowest BCUT2D eigenvalue weighted by atomic mass is 10.1. The number of rotatable bonds is 8. The molecule has 0 radical (unpaired) electrons. The Morgan fingerprint density at radius 2 is 1.49 bits per heavy atom. The Bertz CT molecular complexity index is 1580. The van der Waals surface area contributed by atoms with Crippen LogP contribution < -0.4 is 20.2 Å². The van der Waals surface area contributed by atoms with Crippen LogP contribution in [0.1, 0.15) is 99.3 Å². The lowest BCUT2D eigenvalue weighted by Gasteiger charge is -2.31. The summed E-state index contributed by atoms with van der Waals surface area (Å²) in [5.41, 5.74) is 3.58. The quantitative estimate of drug-likeness (QED) is 0.221. The fourth-order valence-electron chi connectivity index (χ4n) is 5.09. The molecule has 1 atom stereocenters. The van der Waals surface area contributed by atoms with Crippen LogP contribution in [0.4, 0.5) is 0 Å². The number of terminal acetylenes is 1. The van der Waals surface area contributed by atoms with E-state index >= 15 is 0 Å². The van der Waals surface area contributed by atoms with Crippen molar-refractivity contribution >= 4 is 0 Å². The molecule has 1 saturated heterocycles. The molecule has 0 saturated carbocycles. The molecular formula is C43H63N3O5. The maximum atomic E-state index is 5.64. The van der Waals surface area contributed by atoms with Crippen LogP contribution in [0.3, 0.4) is 0 Å². The summed E-state index contributed by atoms with van der Waals surface area (Å²) in [6, 6.07) is 21.6. The summed E-state index contributed by atoms with van der Waals surface area (Å²) in [6.45, 7) is 23.8. The van der Waals surface area contributed by atoms with Crippen LogP contribution in [-0.4, -0.2) is 61.4 Å². The Hall–Kier alpha value is -3.74. The van der Waals surface area contributed by atoms with Gasteiger partial charge < -0.3 is 23.7 Å². The molecular weight excluding hydrogens is 638 g/mol. The van der Waals surface area contributed by atoms with E-state index in [1.54, 1.807) is 0 Å². The van der Waals surface area contributed by atoms with E-state index in [0.29, 0.717) is 32.0 Å². The summed E-state index contributed by atoms with van der Waals surface area (Å²) < 4.78 is 27.6. The highest BCUT2D eigenvalue weighted by Crippen LogP contribution is 2.25. The smallest absolute Gasteiger partial charge is 0.223 e. The van der Waals surface area contributed by atoms with Gasteiger partial charge in [-0.15, -0.1) is 6.42 Å². The van der Waals surface area contributed by atoms with Crippen LogP contribution in [0, 0.1) is 12.3 Å². The third-order valence-corrected chi connectivity index (χ3v) is 7.78. The fraction of sp³-hybridized carbons (Fsp3) is 0.535. The van der Waals surface area contributed by atoms with E-state index in [1.165, 1.54) is 25.9 Å². The summed E-state index contributed by atoms with van der Waals surface area (Å²) in [5, 5.41) is 1.91. The zero-order valence-electron chi connectivity index (χ0n) is 31.8. The van der Waals surface area contributed by atoms with E-state index in [9.17, 15) is 0 Å². The third-order valence-electron chi connectivity index (χ3n) is 7.78. The molecule has 0 aromatic heterocycles. The van der Waals surface area contributed by atoms with Gasteiger partial charge in [0.05, 0.1) is 42.2 Å².